The summed E-state index contributed by atoms with van der Waals surface area (Å²) in [4.78, 5) is 298. The Morgan fingerprint density at radius 3 is 0.822 bits per heavy atom. The summed E-state index contributed by atoms with van der Waals surface area (Å²) in [5, 5.41) is 126. The minimum Gasteiger partial charge on any atom is -0.480 e. The minimum absolute atomic E-state index is 0.0611. The van der Waals surface area contributed by atoms with Crippen molar-refractivity contribution in [3.8, 4) is 0 Å². The van der Waals surface area contributed by atoms with Crippen LogP contribution in [-0.2, 0) is 110 Å². The van der Waals surface area contributed by atoms with Crippen LogP contribution in [0.25, 0.3) is 0 Å². The fourth-order valence-corrected chi connectivity index (χ4v) is 11.7. The number of aliphatic hydroxyl groups is 7. The number of carbonyl (C=O) groups is 23. The highest BCUT2D eigenvalue weighted by molar-refractivity contribution is 7.81. The number of primary amides is 1. The normalized spacial score (nSPS) is 15.3. The van der Waals surface area contributed by atoms with Gasteiger partial charge in [0, 0.05) is 40.9 Å². The van der Waals surface area contributed by atoms with Crippen LogP contribution in [0.5, 0.6) is 0 Å². The van der Waals surface area contributed by atoms with Crippen LogP contribution >= 0.6 is 75.8 Å². The molecular formula is C68H116N24O31S6. The highest BCUT2D eigenvalue weighted by Gasteiger charge is 2.39. The van der Waals surface area contributed by atoms with E-state index in [0.717, 1.165) is 27.7 Å². The van der Waals surface area contributed by atoms with E-state index in [1.54, 1.807) is 0 Å². The zero-order valence-electron chi connectivity index (χ0n) is 69.9. The van der Waals surface area contributed by atoms with E-state index in [4.69, 9.17) is 17.2 Å². The molecule has 0 saturated heterocycles. The molecule has 0 heterocycles. The molecule has 0 aliphatic carbocycles. The zero-order valence-corrected chi connectivity index (χ0v) is 75.3. The number of carboxylic acid groups (broad SMARTS) is 1. The number of thiol groups is 6. The van der Waals surface area contributed by atoms with Crippen molar-refractivity contribution in [1.29, 1.82) is 0 Å². The first kappa shape index (κ1) is 119. The lowest BCUT2D eigenvalue weighted by molar-refractivity contribution is -0.142. The summed E-state index contributed by atoms with van der Waals surface area (Å²) in [7, 11) is 0. The fraction of sp³-hybridized carbons (Fsp3) is 0.662. The van der Waals surface area contributed by atoms with E-state index in [1.165, 1.54) is 0 Å². The largest absolute Gasteiger partial charge is 0.480 e. The van der Waals surface area contributed by atoms with Crippen LogP contribution in [0.3, 0.4) is 0 Å². The van der Waals surface area contributed by atoms with Crippen molar-refractivity contribution < 1.29 is 151 Å². The van der Waals surface area contributed by atoms with Crippen molar-refractivity contribution in [3.63, 3.8) is 0 Å². The minimum atomic E-state index is -1.95. The van der Waals surface area contributed by atoms with Gasteiger partial charge in [-0.25, -0.2) is 4.79 Å². The van der Waals surface area contributed by atoms with E-state index < -0.39 is 352 Å². The van der Waals surface area contributed by atoms with Crippen LogP contribution < -0.4 is 129 Å². The highest BCUT2D eigenvalue weighted by atomic mass is 32.1. The van der Waals surface area contributed by atoms with Gasteiger partial charge in [-0.15, -0.1) is 0 Å². The molecule has 730 valence electrons. The van der Waals surface area contributed by atoms with E-state index in [1.807, 2.05) is 5.32 Å². The molecule has 0 fully saturated rings. The first-order valence-electron chi connectivity index (χ1n) is 38.9. The molecule has 0 aromatic heterocycles. The summed E-state index contributed by atoms with van der Waals surface area (Å²) in [5.74, 6) is -28.8. The first-order chi connectivity index (χ1) is 60.7. The van der Waals surface area contributed by atoms with E-state index in [9.17, 15) is 151 Å². The van der Waals surface area contributed by atoms with Crippen molar-refractivity contribution >= 4 is 212 Å². The van der Waals surface area contributed by atoms with Crippen LogP contribution in [0, 0.1) is 0 Å². The number of aliphatic carboxylic acids is 1. The van der Waals surface area contributed by atoms with Crippen molar-refractivity contribution in [1.82, 2.24) is 112 Å². The van der Waals surface area contributed by atoms with Crippen LogP contribution in [0.4, 0.5) is 0 Å². The summed E-state index contributed by atoms with van der Waals surface area (Å²) in [6.45, 7) is -4.99. The van der Waals surface area contributed by atoms with Gasteiger partial charge in [0.1, 0.15) is 103 Å². The number of amides is 22. The number of aliphatic hydroxyl groups excluding tert-OH is 7. The third-order valence-corrected chi connectivity index (χ3v) is 19.6. The van der Waals surface area contributed by atoms with Gasteiger partial charge in [-0.2, -0.15) is 75.8 Å². The van der Waals surface area contributed by atoms with Crippen molar-refractivity contribution in [2.45, 2.75) is 175 Å². The highest BCUT2D eigenvalue weighted by Crippen LogP contribution is 2.08. The third-order valence-electron chi connectivity index (χ3n) is 17.4. The molecule has 22 amide bonds. The molecule has 0 aromatic carbocycles. The third kappa shape index (κ3) is 44.6. The molecule has 35 N–H and O–H groups in total. The van der Waals surface area contributed by atoms with Crippen LogP contribution in [-0.4, -0.2) is 399 Å². The van der Waals surface area contributed by atoms with Crippen LogP contribution in [0.2, 0.25) is 0 Å². The number of nitrogens with one attached hydrogen (secondary N) is 21. The maximum atomic E-state index is 13.7. The average molecular weight is 1960 g/mol. The molecule has 19 atom stereocenters. The molecule has 0 spiro atoms. The van der Waals surface area contributed by atoms with Gasteiger partial charge in [-0.1, -0.05) is 0 Å². The zero-order chi connectivity index (χ0) is 98.7. The van der Waals surface area contributed by atoms with Crippen molar-refractivity contribution in [2.24, 2.45) is 17.2 Å². The van der Waals surface area contributed by atoms with Gasteiger partial charge >= 0.3 is 5.97 Å². The van der Waals surface area contributed by atoms with Crippen LogP contribution in [0.15, 0.2) is 0 Å². The Morgan fingerprint density at radius 1 is 0.271 bits per heavy atom. The van der Waals surface area contributed by atoms with E-state index >= 15 is 0 Å². The van der Waals surface area contributed by atoms with Gasteiger partial charge < -0.3 is 170 Å². The first-order valence-corrected chi connectivity index (χ1v) is 42.7. The molecule has 0 unspecified atom stereocenters. The second-order valence-electron chi connectivity index (χ2n) is 27.7. The Labute approximate surface area is 769 Å². The Kier molecular flexibility index (Phi) is 58.4. The van der Waals surface area contributed by atoms with Gasteiger partial charge in [0.05, 0.1) is 78.0 Å². The molecule has 61 heteroatoms. The SMILES string of the molecule is C[C@H](NC(=O)CNC(=O)[C@H](CO)NC(=O)[C@H](CS)NC(=O)CN)C(=O)N[C@@H](CO)C(=O)N[C@@H](CO)C(=O)N[C@@H](CS)C(=O)N[C@H](C(=O)N[C@@H](CS)C(=O)N[C@@H](C)C(=O)N[C@@H](CO)C(=O)NCC(=O)N[C@@H](CCC(N)=O)C(=O)N[C@@H](CS)C(=O)N[C@H](C(=O)N[C@@H](CS)C(=O)N[C@@H](CO)C(=O)NCC(=O)N[C@@H](CS)C(=O)NCC(=O)N[C@@H](CCCCN)C(=O)O)[C@@H](C)O)[C@@H](C)O. The Morgan fingerprint density at radius 2 is 0.512 bits per heavy atom. The number of unbranched alkanes of at least 4 members (excludes halogenated alkanes) is 1. The second kappa shape index (κ2) is 63.5. The summed E-state index contributed by atoms with van der Waals surface area (Å²) in [6, 6.07) is -28.8. The molecule has 55 nitrogen and oxygen atoms in total. The lowest BCUT2D eigenvalue weighted by atomic mass is 10.1. The van der Waals surface area contributed by atoms with Gasteiger partial charge in [0.2, 0.25) is 130 Å². The predicted molar refractivity (Wildman–Crippen MR) is 466 cm³/mol. The standard InChI is InChI=1S/C68H116N24O31S6/c1-27(76-46(102)12-72-55(109)34(17-94)84-62(116)39(22-125)80-45(101)11-70)52(106)83-36(19-96)59(113)86-37(20-97)60(114)88-43(26-129)65(119)92-50(29(3)98)66(120)89-40(23-126)61(115)77-28(2)53(107)82-33(16-93)54(108)73-13-47(103)78-31(8-9-44(71)100)58(112)87-42(25-128)64(118)91-51(30(4)99)67(121)90-41(24-127)63(117)85-35(18-95)56(110)74-15-49(105)81-38(21-124)57(111)75-14-48(104)79-32(68(122)123)7-5-6-10-69/h27-43,50-51,93-99,124-129H,5-26,69-70H2,1-4H3,(H2,71,100)(H,72,109)(H,73,108)(H,74,110)(H,75,111)(H,76,102)(H,77,115)(H,78,103)(H,79,104)(H,80,101)(H,81,105)(H,82,107)(H,83,106)(H,84,116)(H,85,117)(H,86,113)(H,87,112)(H,88,114)(H,89,120)(H,90,121)(H,91,118)(H,92,119)(H,122,123)/t27-,28-,29+,30+,31-,32-,33-,34-,35-,36-,37-,38-,39-,40-,41-,42-,43-,50-,51-/m0/s1. The summed E-state index contributed by atoms with van der Waals surface area (Å²) < 4.78 is 0. The van der Waals surface area contributed by atoms with Crippen LogP contribution in [0.1, 0.15) is 59.8 Å². The number of carboxylic acids is 1. The molecular weight excluding hydrogens is 1840 g/mol. The number of nitrogens with two attached hydrogens (primary N) is 3. The predicted octanol–water partition coefficient (Wildman–Crippen LogP) is -20.5. The lowest BCUT2D eigenvalue weighted by Gasteiger charge is -2.27. The molecule has 0 saturated carbocycles. The van der Waals surface area contributed by atoms with E-state index in [2.05, 4.69) is 182 Å². The second-order valence-corrected chi connectivity index (χ2v) is 29.9. The maximum Gasteiger partial charge on any atom is 0.326 e. The summed E-state index contributed by atoms with van der Waals surface area (Å²) >= 11 is 24.1. The monoisotopic (exact) mass is 1960 g/mol. The van der Waals surface area contributed by atoms with Gasteiger partial charge in [-0.05, 0) is 59.9 Å². The Hall–Kier alpha value is -10.4. The van der Waals surface area contributed by atoms with Crippen molar-refractivity contribution in [2.75, 3.05) is 107 Å². The lowest BCUT2D eigenvalue weighted by Crippen LogP contribution is -2.62. The quantitative estimate of drug-likeness (QED) is 0.0199. The van der Waals surface area contributed by atoms with E-state index in [-0.39, 0.29) is 17.9 Å². The van der Waals surface area contributed by atoms with Gasteiger partial charge in [-0.3, -0.25) is 105 Å². The topological polar surface area (TPSA) is 885 Å². The molecule has 129 heavy (non-hydrogen) atoms. The number of carbonyl (C=O) groups excluding carboxylic acids is 22. The molecule has 0 aromatic rings. The number of hydrogen-bond acceptors (Lipinski definition) is 38. The Bertz CT molecular complexity index is 3870. The Balaban J connectivity index is 5.83. The summed E-state index contributed by atoms with van der Waals surface area (Å²) in [5.41, 5.74) is 15.9. The molecule has 0 rings (SSSR count). The molecule has 0 radical (unpaired) electrons. The fourth-order valence-electron chi connectivity index (χ4n) is 10.1. The molecule has 0 aliphatic rings. The van der Waals surface area contributed by atoms with Gasteiger partial charge in [0.15, 0.2) is 0 Å². The molecule has 0 aliphatic heterocycles. The van der Waals surface area contributed by atoms with E-state index in [0.29, 0.717) is 19.4 Å². The van der Waals surface area contributed by atoms with Gasteiger partial charge in [0.25, 0.3) is 0 Å². The van der Waals surface area contributed by atoms with Crippen molar-refractivity contribution in [3.05, 3.63) is 0 Å². The number of hydrogen-bond donors (Lipinski definition) is 38. The maximum absolute atomic E-state index is 13.7. The average Bonchev–Trinajstić information content (AvgIpc) is 0.854. The summed E-state index contributed by atoms with van der Waals surface area (Å²) in [6.07, 6.45) is -3.78. The number of rotatable bonds is 63. The smallest absolute Gasteiger partial charge is 0.326 e. The molecule has 0 bridgehead atoms.